The van der Waals surface area contributed by atoms with Gasteiger partial charge in [0.15, 0.2) is 11.5 Å². The first-order chi connectivity index (χ1) is 12.2. The van der Waals surface area contributed by atoms with Gasteiger partial charge in [-0.2, -0.15) is 0 Å². The van der Waals surface area contributed by atoms with Crippen molar-refractivity contribution in [3.05, 3.63) is 58.9 Å². The highest BCUT2D eigenvalue weighted by atomic mass is 16.6. The first-order valence-corrected chi connectivity index (χ1v) is 7.94. The molecule has 0 aliphatic rings. The van der Waals surface area contributed by atoms with E-state index < -0.39 is 5.97 Å². The Morgan fingerprint density at radius 2 is 1.80 bits per heavy atom. The summed E-state index contributed by atoms with van der Waals surface area (Å²) in [7, 11) is 0. The van der Waals surface area contributed by atoms with E-state index in [0.29, 0.717) is 29.0 Å². The van der Waals surface area contributed by atoms with Gasteiger partial charge in [-0.15, -0.1) is 5.10 Å². The maximum atomic E-state index is 12.3. The number of esters is 1. The third-order valence-corrected chi connectivity index (χ3v) is 3.53. The number of carbonyl (C=O) groups excluding carboxylic acids is 1. The number of hydrogen-bond donors (Lipinski definition) is 0. The molecule has 3 rings (SSSR count). The molecule has 0 saturated carbocycles. The fourth-order valence-electron chi connectivity index (χ4n) is 2.35. The van der Waals surface area contributed by atoms with Gasteiger partial charge in [0.25, 0.3) is 5.56 Å². The molecule has 0 unspecified atom stereocenters. The SMILES string of the molecule is CCOc1ccccc1OC(=O)CCn1nnc2ccccc2c1=O. The minimum Gasteiger partial charge on any atom is -0.490 e. The fourth-order valence-corrected chi connectivity index (χ4v) is 2.35. The number of rotatable bonds is 6. The monoisotopic (exact) mass is 339 g/mol. The molecular weight excluding hydrogens is 322 g/mol. The zero-order valence-corrected chi connectivity index (χ0v) is 13.7. The van der Waals surface area contributed by atoms with Gasteiger partial charge in [-0.05, 0) is 31.2 Å². The van der Waals surface area contributed by atoms with Gasteiger partial charge in [-0.1, -0.05) is 29.5 Å². The molecule has 0 radical (unpaired) electrons. The number of para-hydroxylation sites is 2. The van der Waals surface area contributed by atoms with Crippen LogP contribution in [0.25, 0.3) is 10.9 Å². The maximum Gasteiger partial charge on any atom is 0.313 e. The van der Waals surface area contributed by atoms with Crippen LogP contribution in [0.15, 0.2) is 53.3 Å². The van der Waals surface area contributed by atoms with Crippen LogP contribution in [-0.4, -0.2) is 27.6 Å². The average Bonchev–Trinajstić information content (AvgIpc) is 2.63. The zero-order chi connectivity index (χ0) is 17.6. The minimum absolute atomic E-state index is 0.00656. The van der Waals surface area contributed by atoms with E-state index in [-0.39, 0.29) is 18.5 Å². The topological polar surface area (TPSA) is 83.3 Å². The number of aryl methyl sites for hydroxylation is 1. The summed E-state index contributed by atoms with van der Waals surface area (Å²) >= 11 is 0. The Labute approximate surface area is 143 Å². The lowest BCUT2D eigenvalue weighted by molar-refractivity contribution is -0.134. The Bertz CT molecular complexity index is 952. The van der Waals surface area contributed by atoms with E-state index in [0.717, 1.165) is 4.68 Å². The molecule has 0 saturated heterocycles. The first-order valence-electron chi connectivity index (χ1n) is 7.94. The summed E-state index contributed by atoms with van der Waals surface area (Å²) in [5.41, 5.74) is 0.241. The molecule has 0 fully saturated rings. The average molecular weight is 339 g/mol. The zero-order valence-electron chi connectivity index (χ0n) is 13.7. The van der Waals surface area contributed by atoms with Gasteiger partial charge >= 0.3 is 5.97 Å². The molecule has 7 nitrogen and oxygen atoms in total. The van der Waals surface area contributed by atoms with Crippen LogP contribution in [0.1, 0.15) is 13.3 Å². The Morgan fingerprint density at radius 3 is 2.60 bits per heavy atom. The quantitative estimate of drug-likeness (QED) is 0.506. The second kappa shape index (κ2) is 7.57. The molecular formula is C18H17N3O4. The molecule has 7 heteroatoms. The van der Waals surface area contributed by atoms with Crippen molar-refractivity contribution in [1.29, 1.82) is 0 Å². The summed E-state index contributed by atoms with van der Waals surface area (Å²) in [5.74, 6) is 0.376. The number of ether oxygens (including phenoxy) is 2. The van der Waals surface area contributed by atoms with E-state index in [9.17, 15) is 9.59 Å². The summed E-state index contributed by atoms with van der Waals surface area (Å²) in [6, 6.07) is 13.9. The minimum atomic E-state index is -0.478. The molecule has 128 valence electrons. The lowest BCUT2D eigenvalue weighted by Gasteiger charge is -2.10. The molecule has 0 amide bonds. The van der Waals surface area contributed by atoms with Crippen LogP contribution in [0, 0.1) is 0 Å². The van der Waals surface area contributed by atoms with Crippen LogP contribution < -0.4 is 15.0 Å². The number of fused-ring (bicyclic) bond motifs is 1. The van der Waals surface area contributed by atoms with E-state index in [1.165, 1.54) is 0 Å². The molecule has 1 heterocycles. The number of carbonyl (C=O) groups is 1. The predicted octanol–water partition coefficient (Wildman–Crippen LogP) is 2.19. The van der Waals surface area contributed by atoms with Crippen molar-refractivity contribution < 1.29 is 14.3 Å². The summed E-state index contributed by atoms with van der Waals surface area (Å²) in [6.07, 6.45) is -0.00656. The molecule has 1 aromatic heterocycles. The lowest BCUT2D eigenvalue weighted by Crippen LogP contribution is -2.26. The molecule has 0 bridgehead atoms. The van der Waals surface area contributed by atoms with Crippen molar-refractivity contribution >= 4 is 16.9 Å². The van der Waals surface area contributed by atoms with Crippen LogP contribution >= 0.6 is 0 Å². The highest BCUT2D eigenvalue weighted by Gasteiger charge is 2.12. The Hall–Kier alpha value is -3.22. The Morgan fingerprint density at radius 1 is 1.08 bits per heavy atom. The van der Waals surface area contributed by atoms with Gasteiger partial charge in [-0.25, -0.2) is 4.68 Å². The van der Waals surface area contributed by atoms with E-state index in [1.54, 1.807) is 48.5 Å². The molecule has 0 spiro atoms. The van der Waals surface area contributed by atoms with E-state index in [2.05, 4.69) is 10.3 Å². The third kappa shape index (κ3) is 3.82. The Balaban J connectivity index is 1.69. The van der Waals surface area contributed by atoms with Crippen molar-refractivity contribution in [2.24, 2.45) is 0 Å². The number of nitrogens with zero attached hydrogens (tertiary/aromatic N) is 3. The van der Waals surface area contributed by atoms with E-state index in [1.807, 2.05) is 6.92 Å². The van der Waals surface area contributed by atoms with Gasteiger partial charge in [0.1, 0.15) is 5.52 Å². The standard InChI is InChI=1S/C18H17N3O4/c1-2-24-15-9-5-6-10-16(15)25-17(22)11-12-21-18(23)13-7-3-4-8-14(13)19-20-21/h3-10H,2,11-12H2,1H3. The van der Waals surface area contributed by atoms with Crippen LogP contribution in [0.4, 0.5) is 0 Å². The Kier molecular flexibility index (Phi) is 5.03. The summed E-state index contributed by atoms with van der Waals surface area (Å²) < 4.78 is 11.9. The molecule has 2 aromatic carbocycles. The van der Waals surface area contributed by atoms with Crippen molar-refractivity contribution in [3.8, 4) is 11.5 Å². The number of aromatic nitrogens is 3. The van der Waals surface area contributed by atoms with E-state index in [4.69, 9.17) is 9.47 Å². The summed E-state index contributed by atoms with van der Waals surface area (Å²) in [4.78, 5) is 24.4. The predicted molar refractivity (Wildman–Crippen MR) is 91.7 cm³/mol. The largest absolute Gasteiger partial charge is 0.490 e. The van der Waals surface area contributed by atoms with Crippen molar-refractivity contribution in [2.75, 3.05) is 6.61 Å². The van der Waals surface area contributed by atoms with E-state index >= 15 is 0 Å². The first kappa shape index (κ1) is 16.6. The smallest absolute Gasteiger partial charge is 0.313 e. The summed E-state index contributed by atoms with van der Waals surface area (Å²) in [5, 5.41) is 8.30. The number of hydrogen-bond acceptors (Lipinski definition) is 6. The molecule has 0 atom stereocenters. The van der Waals surface area contributed by atoms with Crippen molar-refractivity contribution in [2.45, 2.75) is 19.9 Å². The number of benzene rings is 2. The van der Waals surface area contributed by atoms with Crippen LogP contribution in [0.2, 0.25) is 0 Å². The second-order valence-corrected chi connectivity index (χ2v) is 5.24. The van der Waals surface area contributed by atoms with Crippen molar-refractivity contribution in [1.82, 2.24) is 15.0 Å². The van der Waals surface area contributed by atoms with Gasteiger partial charge in [-0.3, -0.25) is 9.59 Å². The maximum absolute atomic E-state index is 12.3. The molecule has 25 heavy (non-hydrogen) atoms. The third-order valence-electron chi connectivity index (χ3n) is 3.53. The fraction of sp³-hybridized carbons (Fsp3) is 0.222. The molecule has 0 N–H and O–H groups in total. The molecule has 0 aliphatic carbocycles. The van der Waals surface area contributed by atoms with Gasteiger partial charge in [0.05, 0.1) is 25.0 Å². The highest BCUT2D eigenvalue weighted by Crippen LogP contribution is 2.26. The van der Waals surface area contributed by atoms with Gasteiger partial charge in [0, 0.05) is 0 Å². The normalized spacial score (nSPS) is 10.6. The second-order valence-electron chi connectivity index (χ2n) is 5.24. The van der Waals surface area contributed by atoms with Gasteiger partial charge < -0.3 is 9.47 Å². The summed E-state index contributed by atoms with van der Waals surface area (Å²) in [6.45, 7) is 2.41. The lowest BCUT2D eigenvalue weighted by atomic mass is 10.2. The van der Waals surface area contributed by atoms with Crippen LogP contribution in [0.5, 0.6) is 11.5 Å². The van der Waals surface area contributed by atoms with Crippen molar-refractivity contribution in [3.63, 3.8) is 0 Å². The van der Waals surface area contributed by atoms with Gasteiger partial charge in [0.2, 0.25) is 0 Å². The van der Waals surface area contributed by atoms with Crippen LogP contribution in [0.3, 0.4) is 0 Å². The molecule has 3 aromatic rings. The molecule has 0 aliphatic heterocycles. The van der Waals surface area contributed by atoms with Crippen LogP contribution in [-0.2, 0) is 11.3 Å². The highest BCUT2D eigenvalue weighted by molar-refractivity contribution is 5.76.